The van der Waals surface area contributed by atoms with Crippen molar-refractivity contribution in [3.05, 3.63) is 33.9 Å². The molecular formula is C9H12N2O3S. The molecule has 0 fully saturated rings. The van der Waals surface area contributed by atoms with Gasteiger partial charge in [-0.3, -0.25) is 10.1 Å². The number of aliphatic hydroxyl groups is 1. The van der Waals surface area contributed by atoms with E-state index in [1.165, 1.54) is 30.0 Å². The molecule has 3 N–H and O–H groups in total. The molecule has 0 aliphatic heterocycles. The summed E-state index contributed by atoms with van der Waals surface area (Å²) >= 11 is 1.49. The van der Waals surface area contributed by atoms with Crippen LogP contribution in [0.15, 0.2) is 18.2 Å². The van der Waals surface area contributed by atoms with Crippen molar-refractivity contribution in [2.24, 2.45) is 0 Å². The maximum atomic E-state index is 10.5. The second kappa shape index (κ2) is 5.57. The van der Waals surface area contributed by atoms with Gasteiger partial charge in [-0.2, -0.15) is 11.8 Å². The lowest BCUT2D eigenvalue weighted by Gasteiger charge is -2.04. The van der Waals surface area contributed by atoms with Gasteiger partial charge in [0.25, 0.3) is 5.69 Å². The van der Waals surface area contributed by atoms with Crippen molar-refractivity contribution in [2.45, 2.75) is 5.75 Å². The molecule has 6 heteroatoms. The van der Waals surface area contributed by atoms with Crippen molar-refractivity contribution in [2.75, 3.05) is 18.1 Å². The van der Waals surface area contributed by atoms with E-state index in [1.54, 1.807) is 0 Å². The number of nitrogens with zero attached hydrogens (tertiary/aromatic N) is 1. The molecular weight excluding hydrogens is 216 g/mol. The molecule has 82 valence electrons. The molecule has 0 unspecified atom stereocenters. The van der Waals surface area contributed by atoms with E-state index in [0.717, 1.165) is 5.56 Å². The standard InChI is InChI=1S/C9H12N2O3S/c10-9-2-1-8(11(13)14)5-7(9)6-15-4-3-12/h1-2,5,12H,3-4,6,10H2. The molecule has 0 spiro atoms. The maximum Gasteiger partial charge on any atom is 0.269 e. The van der Waals surface area contributed by atoms with E-state index in [2.05, 4.69) is 0 Å². The second-order valence-electron chi connectivity index (χ2n) is 2.92. The minimum atomic E-state index is -0.445. The first-order valence-corrected chi connectivity index (χ1v) is 5.52. The molecule has 1 aromatic rings. The summed E-state index contributed by atoms with van der Waals surface area (Å²) in [4.78, 5) is 10.1. The molecule has 15 heavy (non-hydrogen) atoms. The summed E-state index contributed by atoms with van der Waals surface area (Å²) in [7, 11) is 0. The summed E-state index contributed by atoms with van der Waals surface area (Å²) in [6.07, 6.45) is 0. The lowest BCUT2D eigenvalue weighted by atomic mass is 10.2. The molecule has 5 nitrogen and oxygen atoms in total. The zero-order valence-corrected chi connectivity index (χ0v) is 8.87. The van der Waals surface area contributed by atoms with E-state index < -0.39 is 4.92 Å². The fourth-order valence-electron chi connectivity index (χ4n) is 1.08. The molecule has 1 rings (SSSR count). The summed E-state index contributed by atoms with van der Waals surface area (Å²) in [5, 5.41) is 19.1. The largest absolute Gasteiger partial charge is 0.398 e. The van der Waals surface area contributed by atoms with Gasteiger partial charge in [-0.1, -0.05) is 0 Å². The molecule has 0 aliphatic carbocycles. The molecule has 0 atom stereocenters. The first kappa shape index (κ1) is 11.8. The predicted molar refractivity (Wildman–Crippen MR) is 60.8 cm³/mol. The topological polar surface area (TPSA) is 89.4 Å². The zero-order valence-electron chi connectivity index (χ0n) is 8.05. The number of rotatable bonds is 5. The van der Waals surface area contributed by atoms with Crippen LogP contribution in [0.5, 0.6) is 0 Å². The lowest BCUT2D eigenvalue weighted by molar-refractivity contribution is -0.384. The SMILES string of the molecule is Nc1ccc([N+](=O)[O-])cc1CSCCO. The van der Waals surface area contributed by atoms with Crippen LogP contribution >= 0.6 is 11.8 Å². The number of non-ortho nitro benzene ring substituents is 1. The summed E-state index contributed by atoms with van der Waals surface area (Å²) in [5.74, 6) is 1.18. The highest BCUT2D eigenvalue weighted by Crippen LogP contribution is 2.23. The van der Waals surface area contributed by atoms with Crippen LogP contribution in [-0.2, 0) is 5.75 Å². The number of nitrogen functional groups attached to an aromatic ring is 1. The van der Waals surface area contributed by atoms with Gasteiger partial charge in [0.15, 0.2) is 0 Å². The molecule has 0 aromatic heterocycles. The van der Waals surface area contributed by atoms with E-state index in [-0.39, 0.29) is 12.3 Å². The minimum absolute atomic E-state index is 0.0452. The number of anilines is 1. The number of nitrogens with two attached hydrogens (primary N) is 1. The van der Waals surface area contributed by atoms with Crippen LogP contribution in [-0.4, -0.2) is 22.4 Å². The van der Waals surface area contributed by atoms with Crippen LogP contribution in [0.25, 0.3) is 0 Å². The van der Waals surface area contributed by atoms with Gasteiger partial charge in [-0.25, -0.2) is 0 Å². The van der Waals surface area contributed by atoms with Gasteiger partial charge in [-0.05, 0) is 11.6 Å². The van der Waals surface area contributed by atoms with Crippen LogP contribution < -0.4 is 5.73 Å². The van der Waals surface area contributed by atoms with Crippen LogP contribution in [0, 0.1) is 10.1 Å². The molecule has 0 saturated heterocycles. The Morgan fingerprint density at radius 3 is 2.87 bits per heavy atom. The number of nitro groups is 1. The highest BCUT2D eigenvalue weighted by molar-refractivity contribution is 7.98. The molecule has 0 bridgehead atoms. The van der Waals surface area contributed by atoms with E-state index in [1.807, 2.05) is 0 Å². The highest BCUT2D eigenvalue weighted by atomic mass is 32.2. The molecule has 0 aliphatic rings. The zero-order chi connectivity index (χ0) is 11.3. The first-order valence-electron chi connectivity index (χ1n) is 4.36. The minimum Gasteiger partial charge on any atom is -0.398 e. The Morgan fingerprint density at radius 1 is 1.53 bits per heavy atom. The second-order valence-corrected chi connectivity index (χ2v) is 4.02. The van der Waals surface area contributed by atoms with Crippen molar-refractivity contribution >= 4 is 23.1 Å². The van der Waals surface area contributed by atoms with E-state index in [0.29, 0.717) is 17.2 Å². The van der Waals surface area contributed by atoms with Crippen molar-refractivity contribution < 1.29 is 10.0 Å². The number of hydrogen-bond acceptors (Lipinski definition) is 5. The third-order valence-corrected chi connectivity index (χ3v) is 2.82. The molecule has 0 saturated carbocycles. The quantitative estimate of drug-likeness (QED) is 0.344. The number of benzene rings is 1. The average molecular weight is 228 g/mol. The average Bonchev–Trinajstić information content (AvgIpc) is 2.20. The smallest absolute Gasteiger partial charge is 0.269 e. The normalized spacial score (nSPS) is 10.2. The number of aliphatic hydroxyl groups excluding tert-OH is 1. The molecule has 1 aromatic carbocycles. The summed E-state index contributed by atoms with van der Waals surface area (Å²) in [6, 6.07) is 4.39. The van der Waals surface area contributed by atoms with Crippen LogP contribution in [0.2, 0.25) is 0 Å². The van der Waals surface area contributed by atoms with Crippen LogP contribution in [0.1, 0.15) is 5.56 Å². The Morgan fingerprint density at radius 2 is 2.27 bits per heavy atom. The maximum absolute atomic E-state index is 10.5. The summed E-state index contributed by atoms with van der Waals surface area (Å²) < 4.78 is 0. The third-order valence-electron chi connectivity index (χ3n) is 1.83. The first-order chi connectivity index (χ1) is 7.15. The van der Waals surface area contributed by atoms with Gasteiger partial charge in [0.2, 0.25) is 0 Å². The van der Waals surface area contributed by atoms with E-state index in [9.17, 15) is 10.1 Å². The fourth-order valence-corrected chi connectivity index (χ4v) is 1.82. The van der Waals surface area contributed by atoms with E-state index in [4.69, 9.17) is 10.8 Å². The van der Waals surface area contributed by atoms with Crippen LogP contribution in [0.4, 0.5) is 11.4 Å². The molecule has 0 amide bonds. The van der Waals surface area contributed by atoms with Crippen molar-refractivity contribution in [1.82, 2.24) is 0 Å². The summed E-state index contributed by atoms with van der Waals surface area (Å²) in [5.41, 5.74) is 7.00. The number of thioether (sulfide) groups is 1. The van der Waals surface area contributed by atoms with Gasteiger partial charge in [0.05, 0.1) is 11.5 Å². The Bertz CT molecular complexity index is 357. The Kier molecular flexibility index (Phi) is 4.38. The molecule has 0 heterocycles. The Balaban J connectivity index is 2.76. The fraction of sp³-hybridized carbons (Fsp3) is 0.333. The van der Waals surface area contributed by atoms with Crippen molar-refractivity contribution in [3.63, 3.8) is 0 Å². The molecule has 0 radical (unpaired) electrons. The van der Waals surface area contributed by atoms with Crippen molar-refractivity contribution in [1.29, 1.82) is 0 Å². The lowest BCUT2D eigenvalue weighted by Crippen LogP contribution is -1.96. The summed E-state index contributed by atoms with van der Waals surface area (Å²) in [6.45, 7) is 0.0967. The van der Waals surface area contributed by atoms with E-state index >= 15 is 0 Å². The van der Waals surface area contributed by atoms with Gasteiger partial charge >= 0.3 is 0 Å². The number of nitro benzene ring substituents is 1. The van der Waals surface area contributed by atoms with Gasteiger partial charge in [0, 0.05) is 29.3 Å². The predicted octanol–water partition coefficient (Wildman–Crippen LogP) is 1.40. The van der Waals surface area contributed by atoms with Gasteiger partial charge in [-0.15, -0.1) is 0 Å². The highest BCUT2D eigenvalue weighted by Gasteiger charge is 2.08. The van der Waals surface area contributed by atoms with Gasteiger partial charge in [0.1, 0.15) is 0 Å². The van der Waals surface area contributed by atoms with Gasteiger partial charge < -0.3 is 10.8 Å². The Labute approximate surface area is 91.4 Å². The van der Waals surface area contributed by atoms with Crippen molar-refractivity contribution in [3.8, 4) is 0 Å². The monoisotopic (exact) mass is 228 g/mol. The third kappa shape index (κ3) is 3.41. The van der Waals surface area contributed by atoms with Crippen LogP contribution in [0.3, 0.4) is 0 Å². The number of hydrogen-bond donors (Lipinski definition) is 2. The Hall–Kier alpha value is -1.27.